The van der Waals surface area contributed by atoms with E-state index in [4.69, 9.17) is 0 Å². The van der Waals surface area contributed by atoms with Gasteiger partial charge in [0, 0.05) is 6.54 Å². The van der Waals surface area contributed by atoms with Gasteiger partial charge in [0.25, 0.3) is 0 Å². The second-order valence-electron chi connectivity index (χ2n) is 3.42. The van der Waals surface area contributed by atoms with Gasteiger partial charge in [0.15, 0.2) is 12.3 Å². The number of aromatic amines is 1. The average Bonchev–Trinajstić information content (AvgIpc) is 2.73. The van der Waals surface area contributed by atoms with Gasteiger partial charge in [-0.15, -0.1) is 0 Å². The predicted octanol–water partition coefficient (Wildman–Crippen LogP) is 1.73. The standard InChI is InChI=1S/C9H10F3N5O/c1-2-13-8-15-6-5(3-14-17-6)7(16-8)18-4-9(10,11)12/h3H,2,4H2,1H3,(H2,13,14,15,16,17). The number of hydrogen-bond acceptors (Lipinski definition) is 5. The van der Waals surface area contributed by atoms with Gasteiger partial charge in [0.05, 0.1) is 6.20 Å². The van der Waals surface area contributed by atoms with E-state index in [1.54, 1.807) is 0 Å². The van der Waals surface area contributed by atoms with Crippen molar-refractivity contribution in [2.24, 2.45) is 0 Å². The number of rotatable bonds is 4. The van der Waals surface area contributed by atoms with Crippen LogP contribution >= 0.6 is 0 Å². The fraction of sp³-hybridized carbons (Fsp3) is 0.444. The monoisotopic (exact) mass is 261 g/mol. The lowest BCUT2D eigenvalue weighted by atomic mass is 10.4. The van der Waals surface area contributed by atoms with Crippen LogP contribution in [0.15, 0.2) is 6.20 Å². The molecule has 0 aliphatic rings. The maximum Gasteiger partial charge on any atom is 0.422 e. The number of alkyl halides is 3. The minimum atomic E-state index is -4.42. The zero-order valence-corrected chi connectivity index (χ0v) is 9.38. The van der Waals surface area contributed by atoms with Gasteiger partial charge >= 0.3 is 6.18 Å². The van der Waals surface area contributed by atoms with E-state index in [2.05, 4.69) is 30.2 Å². The van der Waals surface area contributed by atoms with Crippen molar-refractivity contribution in [3.05, 3.63) is 6.20 Å². The summed E-state index contributed by atoms with van der Waals surface area (Å²) in [6.07, 6.45) is -3.10. The minimum Gasteiger partial charge on any atom is -0.467 e. The fourth-order valence-electron chi connectivity index (χ4n) is 1.31. The lowest BCUT2D eigenvalue weighted by molar-refractivity contribution is -0.153. The first-order valence-corrected chi connectivity index (χ1v) is 5.14. The van der Waals surface area contributed by atoms with Crippen LogP contribution in [0.25, 0.3) is 11.0 Å². The molecule has 0 saturated carbocycles. The lowest BCUT2D eigenvalue weighted by Gasteiger charge is -2.10. The van der Waals surface area contributed by atoms with Gasteiger partial charge in [0.2, 0.25) is 11.8 Å². The van der Waals surface area contributed by atoms with Crippen molar-refractivity contribution in [3.63, 3.8) is 0 Å². The van der Waals surface area contributed by atoms with Crippen molar-refractivity contribution in [3.8, 4) is 5.88 Å². The summed E-state index contributed by atoms with van der Waals surface area (Å²) in [5.74, 6) is 0.0356. The molecule has 0 aliphatic carbocycles. The molecule has 2 N–H and O–H groups in total. The molecule has 0 bridgehead atoms. The van der Waals surface area contributed by atoms with Crippen molar-refractivity contribution in [1.29, 1.82) is 0 Å². The van der Waals surface area contributed by atoms with Crippen LogP contribution < -0.4 is 10.1 Å². The summed E-state index contributed by atoms with van der Waals surface area (Å²) in [5.41, 5.74) is 0.318. The SMILES string of the molecule is CCNc1nc(OCC(F)(F)F)c2cn[nH]c2n1. The molecule has 0 atom stereocenters. The van der Waals surface area contributed by atoms with Crippen molar-refractivity contribution in [2.75, 3.05) is 18.5 Å². The molecule has 0 saturated heterocycles. The third-order valence-corrected chi connectivity index (χ3v) is 1.98. The fourth-order valence-corrected chi connectivity index (χ4v) is 1.31. The first kappa shape index (κ1) is 12.4. The Hall–Kier alpha value is -2.06. The minimum absolute atomic E-state index is 0.151. The van der Waals surface area contributed by atoms with Crippen LogP contribution in [-0.2, 0) is 0 Å². The van der Waals surface area contributed by atoms with Crippen molar-refractivity contribution in [2.45, 2.75) is 13.1 Å². The molecule has 0 aliphatic heterocycles. The molecule has 0 spiro atoms. The van der Waals surface area contributed by atoms with Crippen LogP contribution in [0.3, 0.4) is 0 Å². The quantitative estimate of drug-likeness (QED) is 0.876. The van der Waals surface area contributed by atoms with Crippen LogP contribution in [0, 0.1) is 0 Å². The van der Waals surface area contributed by atoms with E-state index in [9.17, 15) is 13.2 Å². The highest BCUT2D eigenvalue weighted by atomic mass is 19.4. The summed E-state index contributed by atoms with van der Waals surface area (Å²) in [6, 6.07) is 0. The van der Waals surface area contributed by atoms with Crippen LogP contribution in [0.1, 0.15) is 6.92 Å². The third kappa shape index (κ3) is 2.79. The van der Waals surface area contributed by atoms with Crippen molar-refractivity contribution in [1.82, 2.24) is 20.2 Å². The van der Waals surface area contributed by atoms with Gasteiger partial charge in [0.1, 0.15) is 5.39 Å². The Balaban J connectivity index is 2.31. The summed E-state index contributed by atoms with van der Waals surface area (Å²) in [4.78, 5) is 7.89. The van der Waals surface area contributed by atoms with E-state index < -0.39 is 12.8 Å². The van der Waals surface area contributed by atoms with Crippen LogP contribution in [0.2, 0.25) is 0 Å². The van der Waals surface area contributed by atoms with Crippen molar-refractivity contribution < 1.29 is 17.9 Å². The van der Waals surface area contributed by atoms with Crippen molar-refractivity contribution >= 4 is 17.0 Å². The largest absolute Gasteiger partial charge is 0.467 e. The van der Waals surface area contributed by atoms with Gasteiger partial charge in [-0.25, -0.2) is 0 Å². The zero-order chi connectivity index (χ0) is 13.2. The Labute approximate surface area is 99.6 Å². The number of anilines is 1. The molecule has 6 nitrogen and oxygen atoms in total. The van der Waals surface area contributed by atoms with Gasteiger partial charge in [-0.2, -0.15) is 28.2 Å². The molecule has 2 aromatic heterocycles. The van der Waals surface area contributed by atoms with E-state index in [0.29, 0.717) is 17.6 Å². The van der Waals surface area contributed by atoms with Gasteiger partial charge in [-0.05, 0) is 6.92 Å². The Morgan fingerprint density at radius 2 is 2.17 bits per heavy atom. The van der Waals surface area contributed by atoms with Crippen LogP contribution in [0.5, 0.6) is 5.88 Å². The molecule has 98 valence electrons. The maximum absolute atomic E-state index is 12.1. The molecule has 2 aromatic rings. The molecule has 0 amide bonds. The first-order chi connectivity index (χ1) is 8.49. The molecule has 0 radical (unpaired) electrons. The smallest absolute Gasteiger partial charge is 0.422 e. The molecular formula is C9H10F3N5O. The molecule has 9 heteroatoms. The Bertz CT molecular complexity index is 538. The topological polar surface area (TPSA) is 75.7 Å². The molecule has 2 rings (SSSR count). The summed E-state index contributed by atoms with van der Waals surface area (Å²) < 4.78 is 41.0. The maximum atomic E-state index is 12.1. The molecule has 2 heterocycles. The number of fused-ring (bicyclic) bond motifs is 1. The molecule has 0 unspecified atom stereocenters. The Morgan fingerprint density at radius 3 is 2.83 bits per heavy atom. The van der Waals surface area contributed by atoms with E-state index in [1.165, 1.54) is 6.20 Å². The number of nitrogens with zero attached hydrogens (tertiary/aromatic N) is 3. The lowest BCUT2D eigenvalue weighted by Crippen LogP contribution is -2.20. The number of aromatic nitrogens is 4. The van der Waals surface area contributed by atoms with Crippen LogP contribution in [0.4, 0.5) is 19.1 Å². The van der Waals surface area contributed by atoms with Gasteiger partial charge in [-0.1, -0.05) is 0 Å². The van der Waals surface area contributed by atoms with Crippen LogP contribution in [-0.4, -0.2) is 39.5 Å². The molecule has 18 heavy (non-hydrogen) atoms. The Morgan fingerprint density at radius 1 is 1.39 bits per heavy atom. The van der Waals surface area contributed by atoms with E-state index >= 15 is 0 Å². The summed E-state index contributed by atoms with van der Waals surface area (Å²) >= 11 is 0. The Kier molecular flexibility index (Phi) is 3.21. The highest BCUT2D eigenvalue weighted by Gasteiger charge is 2.29. The highest BCUT2D eigenvalue weighted by molar-refractivity contribution is 5.80. The predicted molar refractivity (Wildman–Crippen MR) is 57.4 cm³/mol. The normalized spacial score (nSPS) is 11.8. The molecule has 0 aromatic carbocycles. The number of nitrogens with one attached hydrogen (secondary N) is 2. The van der Waals surface area contributed by atoms with Gasteiger partial charge < -0.3 is 10.1 Å². The molecular weight excluding hydrogens is 251 g/mol. The van der Waals surface area contributed by atoms with E-state index in [-0.39, 0.29) is 11.8 Å². The van der Waals surface area contributed by atoms with E-state index in [0.717, 1.165) is 0 Å². The van der Waals surface area contributed by atoms with Gasteiger partial charge in [-0.3, -0.25) is 5.10 Å². The second kappa shape index (κ2) is 4.67. The molecule has 0 fully saturated rings. The summed E-state index contributed by atoms with van der Waals surface area (Å²) in [6.45, 7) is 0.949. The number of hydrogen-bond donors (Lipinski definition) is 2. The highest BCUT2D eigenvalue weighted by Crippen LogP contribution is 2.24. The number of H-pyrrole nitrogens is 1. The second-order valence-corrected chi connectivity index (χ2v) is 3.42. The number of ether oxygens (including phenoxy) is 1. The summed E-state index contributed by atoms with van der Waals surface area (Å²) in [7, 11) is 0. The third-order valence-electron chi connectivity index (χ3n) is 1.98. The first-order valence-electron chi connectivity index (χ1n) is 5.14. The zero-order valence-electron chi connectivity index (χ0n) is 9.38. The number of halogens is 3. The van der Waals surface area contributed by atoms with E-state index in [1.807, 2.05) is 6.92 Å². The average molecular weight is 261 g/mol. The summed E-state index contributed by atoms with van der Waals surface area (Å²) in [5, 5.41) is 9.35.